The van der Waals surface area contributed by atoms with E-state index in [1.54, 1.807) is 25.1 Å². The fourth-order valence-corrected chi connectivity index (χ4v) is 8.55. The predicted octanol–water partition coefficient (Wildman–Crippen LogP) is 4.35. The molecular formula is C28H28ClFN2O5. The summed E-state index contributed by atoms with van der Waals surface area (Å²) in [5.41, 5.74) is -4.39. The van der Waals surface area contributed by atoms with Gasteiger partial charge in [0.1, 0.15) is 5.15 Å². The van der Waals surface area contributed by atoms with Gasteiger partial charge in [0.05, 0.1) is 24.7 Å². The highest BCUT2D eigenvalue weighted by molar-refractivity contribution is 6.29. The highest BCUT2D eigenvalue weighted by atomic mass is 35.5. The summed E-state index contributed by atoms with van der Waals surface area (Å²) < 4.78 is 30.2. The van der Waals surface area contributed by atoms with Crippen molar-refractivity contribution in [3.05, 3.63) is 52.8 Å². The van der Waals surface area contributed by atoms with Crippen LogP contribution in [0.2, 0.25) is 5.15 Å². The first-order valence-corrected chi connectivity index (χ1v) is 13.1. The van der Waals surface area contributed by atoms with E-state index in [0.717, 1.165) is 0 Å². The summed E-state index contributed by atoms with van der Waals surface area (Å²) in [4.78, 5) is 29.8. The minimum Gasteiger partial charge on any atom is -0.390 e. The molecule has 194 valence electrons. The number of alkyl halides is 1. The maximum atomic E-state index is 17.4. The second-order valence-corrected chi connectivity index (χ2v) is 11.9. The molecule has 1 saturated heterocycles. The summed E-state index contributed by atoms with van der Waals surface area (Å²) in [5, 5.41) is 21.3. The van der Waals surface area contributed by atoms with E-state index >= 15 is 4.39 Å². The van der Waals surface area contributed by atoms with Gasteiger partial charge in [0.2, 0.25) is 0 Å². The molecule has 9 heteroatoms. The molecule has 37 heavy (non-hydrogen) atoms. The molecule has 1 aromatic heterocycles. The molecule has 9 atom stereocenters. The van der Waals surface area contributed by atoms with Crippen LogP contribution in [0.5, 0.6) is 0 Å². The number of hydrogen-bond donors (Lipinski definition) is 1. The second kappa shape index (κ2) is 8.03. The molecule has 5 aliphatic rings. The number of nitriles is 1. The Hall–Kier alpha value is -2.44. The molecule has 4 fully saturated rings. The number of pyridine rings is 1. The molecule has 6 rings (SSSR count). The van der Waals surface area contributed by atoms with E-state index in [1.165, 1.54) is 18.3 Å². The van der Waals surface area contributed by atoms with Crippen molar-refractivity contribution in [1.29, 1.82) is 5.26 Å². The van der Waals surface area contributed by atoms with Crippen LogP contribution in [0.1, 0.15) is 57.8 Å². The van der Waals surface area contributed by atoms with Gasteiger partial charge in [-0.05, 0) is 62.8 Å². The molecule has 1 aromatic rings. The van der Waals surface area contributed by atoms with E-state index in [-0.39, 0.29) is 29.7 Å². The molecule has 0 aromatic carbocycles. The molecule has 1 unspecified atom stereocenters. The number of allylic oxidation sites excluding steroid dienone is 4. The SMILES string of the molecule is C[C@]12C=CC(=O)C=C1CC[C@H]1[C@@H]3C[C@H]4OC(c5ccnc(Cl)c5)O[C@@]4(C(=O)CC#N)[C@@]3(C)C[C@H](O)[C@@]12F. The number of carbonyl (C=O) groups excluding carboxylic acids is 2. The Morgan fingerprint density at radius 2 is 2.16 bits per heavy atom. The fraction of sp³-hybridized carbons (Fsp3) is 0.571. The number of hydrogen-bond acceptors (Lipinski definition) is 7. The first kappa shape index (κ1) is 24.9. The monoisotopic (exact) mass is 526 g/mol. The van der Waals surface area contributed by atoms with E-state index in [2.05, 4.69) is 4.98 Å². The Kier molecular flexibility index (Phi) is 5.40. The number of Topliss-reactive ketones (excluding diaryl/α,β-unsaturated/α-hetero) is 1. The number of fused-ring (bicyclic) bond motifs is 7. The van der Waals surface area contributed by atoms with Gasteiger partial charge in [-0.15, -0.1) is 0 Å². The Bertz CT molecular complexity index is 1310. The van der Waals surface area contributed by atoms with Crippen LogP contribution in [0, 0.1) is 34.0 Å². The van der Waals surface area contributed by atoms with Gasteiger partial charge >= 0.3 is 0 Å². The number of ketones is 2. The zero-order chi connectivity index (χ0) is 26.4. The molecule has 1 aliphatic heterocycles. The normalized spacial score (nSPS) is 45.8. The van der Waals surface area contributed by atoms with E-state index in [9.17, 15) is 20.0 Å². The topological polar surface area (TPSA) is 110 Å². The lowest BCUT2D eigenvalue weighted by atomic mass is 9.44. The van der Waals surface area contributed by atoms with E-state index in [1.807, 2.05) is 13.0 Å². The average Bonchev–Trinajstić information content (AvgIpc) is 3.35. The summed E-state index contributed by atoms with van der Waals surface area (Å²) in [6.45, 7) is 3.62. The maximum Gasteiger partial charge on any atom is 0.185 e. The number of aromatic nitrogens is 1. The zero-order valence-corrected chi connectivity index (χ0v) is 21.4. The fourth-order valence-electron chi connectivity index (χ4n) is 8.37. The number of aliphatic hydroxyl groups is 1. The number of nitrogens with zero attached hydrogens (tertiary/aromatic N) is 2. The average molecular weight is 527 g/mol. The molecule has 4 aliphatic carbocycles. The van der Waals surface area contributed by atoms with Gasteiger partial charge < -0.3 is 14.6 Å². The third-order valence-corrected chi connectivity index (χ3v) is 10.3. The van der Waals surface area contributed by atoms with Crippen molar-refractivity contribution in [2.24, 2.45) is 22.7 Å². The van der Waals surface area contributed by atoms with Crippen molar-refractivity contribution in [3.8, 4) is 6.07 Å². The number of halogens is 2. The smallest absolute Gasteiger partial charge is 0.185 e. The summed E-state index contributed by atoms with van der Waals surface area (Å²) in [6, 6.07) is 5.24. The van der Waals surface area contributed by atoms with Crippen LogP contribution in [0.15, 0.2) is 42.1 Å². The Balaban J connectivity index is 1.44. The van der Waals surface area contributed by atoms with Crippen molar-refractivity contribution >= 4 is 23.2 Å². The van der Waals surface area contributed by atoms with Crippen LogP contribution in [0.3, 0.4) is 0 Å². The van der Waals surface area contributed by atoms with Crippen LogP contribution < -0.4 is 0 Å². The molecule has 7 nitrogen and oxygen atoms in total. The van der Waals surface area contributed by atoms with Gasteiger partial charge in [-0.25, -0.2) is 9.37 Å². The highest BCUT2D eigenvalue weighted by Gasteiger charge is 2.79. The van der Waals surface area contributed by atoms with Gasteiger partial charge in [0, 0.05) is 28.5 Å². The Morgan fingerprint density at radius 1 is 1.38 bits per heavy atom. The molecule has 1 N–H and O–H groups in total. The van der Waals surface area contributed by atoms with Crippen molar-refractivity contribution in [2.75, 3.05) is 0 Å². The minimum atomic E-state index is -2.03. The first-order chi connectivity index (χ1) is 17.5. The molecule has 3 saturated carbocycles. The van der Waals surface area contributed by atoms with Crippen molar-refractivity contribution < 1.29 is 28.6 Å². The van der Waals surface area contributed by atoms with Crippen LogP contribution >= 0.6 is 11.6 Å². The van der Waals surface area contributed by atoms with Gasteiger partial charge in [0.15, 0.2) is 29.1 Å². The van der Waals surface area contributed by atoms with Gasteiger partial charge in [-0.3, -0.25) is 9.59 Å². The molecule has 2 heterocycles. The molecular weight excluding hydrogens is 499 g/mol. The number of ether oxygens (including phenoxy) is 2. The minimum absolute atomic E-state index is 0.0455. The predicted molar refractivity (Wildman–Crippen MR) is 130 cm³/mol. The van der Waals surface area contributed by atoms with Crippen LogP contribution in [-0.4, -0.2) is 45.1 Å². The van der Waals surface area contributed by atoms with Crippen LogP contribution in [0.25, 0.3) is 0 Å². The molecule has 0 spiro atoms. The summed E-state index contributed by atoms with van der Waals surface area (Å²) in [6.07, 6.45) is 3.81. The quantitative estimate of drug-likeness (QED) is 0.583. The van der Waals surface area contributed by atoms with Gasteiger partial charge in [0.25, 0.3) is 0 Å². The summed E-state index contributed by atoms with van der Waals surface area (Å²) >= 11 is 6.08. The largest absolute Gasteiger partial charge is 0.390 e. The second-order valence-electron chi connectivity index (χ2n) is 11.5. The van der Waals surface area contributed by atoms with E-state index < -0.39 is 52.3 Å². The summed E-state index contributed by atoms with van der Waals surface area (Å²) in [5.74, 6) is -1.54. The van der Waals surface area contributed by atoms with E-state index in [4.69, 9.17) is 21.1 Å². The lowest BCUT2D eigenvalue weighted by Gasteiger charge is -2.62. The zero-order valence-electron chi connectivity index (χ0n) is 20.6. The lowest BCUT2D eigenvalue weighted by molar-refractivity contribution is -0.230. The van der Waals surface area contributed by atoms with Crippen LogP contribution in [0.4, 0.5) is 4.39 Å². The third-order valence-electron chi connectivity index (χ3n) is 10.1. The molecule has 0 bridgehead atoms. The van der Waals surface area contributed by atoms with Crippen molar-refractivity contribution in [3.63, 3.8) is 0 Å². The number of carbonyl (C=O) groups is 2. The first-order valence-electron chi connectivity index (χ1n) is 12.7. The maximum absolute atomic E-state index is 17.4. The Labute approximate surface area is 219 Å². The number of rotatable bonds is 3. The van der Waals surface area contributed by atoms with Crippen LogP contribution in [-0.2, 0) is 19.1 Å². The standard InChI is InChI=1S/C28H28ClFN2O5/c1-25-8-5-17(33)12-16(25)3-4-18-19-13-22-28(20(34)6-9-31,26(19,2)14-21(35)27(18,25)30)37-24(36-22)15-7-10-32-23(29)11-15/h5,7-8,10-12,18-19,21-22,24,35H,3-4,6,13-14H2,1-2H3/t18-,19-,21-,22+,24?,25-,26-,27-,28+/m0/s1. The van der Waals surface area contributed by atoms with E-state index in [0.29, 0.717) is 30.4 Å². The highest BCUT2D eigenvalue weighted by Crippen LogP contribution is 2.72. The third kappa shape index (κ3) is 3.00. The number of aliphatic hydroxyl groups excluding tert-OH is 1. The molecule has 0 amide bonds. The van der Waals surface area contributed by atoms with Crippen molar-refractivity contribution in [1.82, 2.24) is 4.98 Å². The van der Waals surface area contributed by atoms with Crippen molar-refractivity contribution in [2.45, 2.75) is 75.7 Å². The Morgan fingerprint density at radius 3 is 2.89 bits per heavy atom. The lowest BCUT2D eigenvalue weighted by Crippen LogP contribution is -2.69. The van der Waals surface area contributed by atoms with Gasteiger partial charge in [-0.1, -0.05) is 30.2 Å². The molecule has 0 radical (unpaired) electrons. The summed E-state index contributed by atoms with van der Waals surface area (Å²) in [7, 11) is 0. The van der Waals surface area contributed by atoms with Gasteiger partial charge in [-0.2, -0.15) is 5.26 Å².